The van der Waals surface area contributed by atoms with E-state index in [1.165, 1.54) is 32.1 Å². The van der Waals surface area contributed by atoms with Crippen LogP contribution in [0.2, 0.25) is 0 Å². The molecule has 0 saturated carbocycles. The average molecular weight is 292 g/mol. The summed E-state index contributed by atoms with van der Waals surface area (Å²) in [5, 5.41) is 13.6. The Bertz CT molecular complexity index is 455. The lowest BCUT2D eigenvalue weighted by atomic mass is 9.97. The lowest BCUT2D eigenvalue weighted by Crippen LogP contribution is -2.31. The van der Waals surface area contributed by atoms with Crippen molar-refractivity contribution in [2.45, 2.75) is 58.9 Å². The van der Waals surface area contributed by atoms with Crippen LogP contribution in [-0.4, -0.2) is 29.2 Å². The molecule has 1 atom stereocenters. The Kier molecular flexibility index (Phi) is 6.23. The van der Waals surface area contributed by atoms with Gasteiger partial charge in [0.15, 0.2) is 5.69 Å². The van der Waals surface area contributed by atoms with Gasteiger partial charge in [-0.05, 0) is 18.8 Å². The summed E-state index contributed by atoms with van der Waals surface area (Å²) in [6.07, 6.45) is 6.93. The molecule has 2 rings (SSSR count). The fourth-order valence-electron chi connectivity index (χ4n) is 2.98. The van der Waals surface area contributed by atoms with Crippen molar-refractivity contribution in [3.8, 4) is 0 Å². The minimum atomic E-state index is -0.0335. The molecule has 1 unspecified atom stereocenters. The van der Waals surface area contributed by atoms with Crippen LogP contribution < -0.4 is 10.6 Å². The Morgan fingerprint density at radius 3 is 2.95 bits per heavy atom. The number of hydrogen-bond acceptors (Lipinski definition) is 3. The van der Waals surface area contributed by atoms with Gasteiger partial charge in [-0.15, -0.1) is 0 Å². The van der Waals surface area contributed by atoms with Gasteiger partial charge in [-0.1, -0.05) is 33.1 Å². The van der Waals surface area contributed by atoms with Crippen molar-refractivity contribution >= 4 is 5.91 Å². The maximum Gasteiger partial charge on any atom is 0.272 e. The SMILES string of the molecule is CCCCC(CCC)CNC(=O)c1n[nH]c2c1CNCC2. The Hall–Kier alpha value is -1.36. The smallest absolute Gasteiger partial charge is 0.272 e. The van der Waals surface area contributed by atoms with Crippen molar-refractivity contribution in [3.63, 3.8) is 0 Å². The summed E-state index contributed by atoms with van der Waals surface area (Å²) in [7, 11) is 0. The first-order chi connectivity index (χ1) is 10.3. The summed E-state index contributed by atoms with van der Waals surface area (Å²) in [6.45, 7) is 6.87. The zero-order valence-corrected chi connectivity index (χ0v) is 13.3. The average Bonchev–Trinajstić information content (AvgIpc) is 2.94. The normalized spacial score (nSPS) is 15.5. The standard InChI is InChI=1S/C16H28N4O/c1-3-5-7-12(6-4-2)10-18-16(21)15-13-11-17-9-8-14(13)19-20-15/h12,17H,3-11H2,1-2H3,(H,18,21)(H,19,20). The molecule has 5 nitrogen and oxygen atoms in total. The molecule has 1 amide bonds. The number of fused-ring (bicyclic) bond motifs is 1. The highest BCUT2D eigenvalue weighted by molar-refractivity contribution is 5.94. The zero-order chi connectivity index (χ0) is 15.1. The summed E-state index contributed by atoms with van der Waals surface area (Å²) in [4.78, 5) is 12.3. The molecule has 118 valence electrons. The maximum atomic E-state index is 12.3. The fourth-order valence-corrected chi connectivity index (χ4v) is 2.98. The van der Waals surface area contributed by atoms with Crippen LogP contribution in [0.3, 0.4) is 0 Å². The van der Waals surface area contributed by atoms with E-state index in [9.17, 15) is 4.79 Å². The second-order valence-electron chi connectivity index (χ2n) is 5.96. The largest absolute Gasteiger partial charge is 0.350 e. The van der Waals surface area contributed by atoms with E-state index in [2.05, 4.69) is 34.7 Å². The highest BCUT2D eigenvalue weighted by atomic mass is 16.1. The van der Waals surface area contributed by atoms with Crippen LogP contribution in [0, 0.1) is 5.92 Å². The molecule has 3 N–H and O–H groups in total. The molecule has 0 saturated heterocycles. The van der Waals surface area contributed by atoms with Crippen LogP contribution in [0.15, 0.2) is 0 Å². The molecule has 1 aromatic heterocycles. The minimum Gasteiger partial charge on any atom is -0.350 e. The van der Waals surface area contributed by atoms with Crippen molar-refractivity contribution in [2.24, 2.45) is 5.92 Å². The van der Waals surface area contributed by atoms with E-state index in [0.29, 0.717) is 11.6 Å². The van der Waals surface area contributed by atoms with E-state index >= 15 is 0 Å². The zero-order valence-electron chi connectivity index (χ0n) is 13.3. The number of hydrogen-bond donors (Lipinski definition) is 3. The topological polar surface area (TPSA) is 69.8 Å². The lowest BCUT2D eigenvalue weighted by molar-refractivity contribution is 0.0939. The van der Waals surface area contributed by atoms with E-state index in [1.807, 2.05) is 0 Å². The predicted molar refractivity (Wildman–Crippen MR) is 84.3 cm³/mol. The number of nitrogens with zero attached hydrogens (tertiary/aromatic N) is 1. The number of nitrogens with one attached hydrogen (secondary N) is 3. The first-order valence-electron chi connectivity index (χ1n) is 8.31. The summed E-state index contributed by atoms with van der Waals surface area (Å²) in [5.41, 5.74) is 2.72. The third-order valence-corrected chi connectivity index (χ3v) is 4.24. The highest BCUT2D eigenvalue weighted by Crippen LogP contribution is 2.17. The van der Waals surface area contributed by atoms with Gasteiger partial charge in [0.05, 0.1) is 0 Å². The molecule has 2 heterocycles. The van der Waals surface area contributed by atoms with Crippen LogP contribution in [0.1, 0.15) is 67.7 Å². The molecule has 0 bridgehead atoms. The molecule has 5 heteroatoms. The van der Waals surface area contributed by atoms with Gasteiger partial charge in [-0.3, -0.25) is 9.89 Å². The molecule has 0 aromatic carbocycles. The van der Waals surface area contributed by atoms with E-state index in [-0.39, 0.29) is 5.91 Å². The molecular formula is C16H28N4O. The number of carbonyl (C=O) groups is 1. The van der Waals surface area contributed by atoms with Gasteiger partial charge in [-0.2, -0.15) is 5.10 Å². The number of H-pyrrole nitrogens is 1. The Labute approximate surface area is 127 Å². The molecule has 21 heavy (non-hydrogen) atoms. The molecule has 1 aromatic rings. The van der Waals surface area contributed by atoms with Gasteiger partial charge in [0.1, 0.15) is 0 Å². The number of amides is 1. The maximum absolute atomic E-state index is 12.3. The van der Waals surface area contributed by atoms with Gasteiger partial charge < -0.3 is 10.6 Å². The number of aromatic nitrogens is 2. The lowest BCUT2D eigenvalue weighted by Gasteiger charge is -2.17. The number of aromatic amines is 1. The highest BCUT2D eigenvalue weighted by Gasteiger charge is 2.21. The molecule has 1 aliphatic rings. The van der Waals surface area contributed by atoms with E-state index in [0.717, 1.165) is 37.3 Å². The Balaban J connectivity index is 1.89. The summed E-state index contributed by atoms with van der Waals surface area (Å²) in [5.74, 6) is 0.556. The van der Waals surface area contributed by atoms with Gasteiger partial charge in [-0.25, -0.2) is 0 Å². The van der Waals surface area contributed by atoms with E-state index < -0.39 is 0 Å². The number of rotatable bonds is 8. The van der Waals surface area contributed by atoms with Crippen molar-refractivity contribution in [3.05, 3.63) is 17.0 Å². The van der Waals surface area contributed by atoms with Crippen LogP contribution >= 0.6 is 0 Å². The van der Waals surface area contributed by atoms with Gasteiger partial charge >= 0.3 is 0 Å². The van der Waals surface area contributed by atoms with Gasteiger partial charge in [0, 0.05) is 37.3 Å². The predicted octanol–water partition coefficient (Wildman–Crippen LogP) is 2.39. The van der Waals surface area contributed by atoms with Crippen molar-refractivity contribution in [2.75, 3.05) is 13.1 Å². The minimum absolute atomic E-state index is 0.0335. The van der Waals surface area contributed by atoms with Crippen molar-refractivity contribution in [1.29, 1.82) is 0 Å². The van der Waals surface area contributed by atoms with Crippen LogP contribution in [0.5, 0.6) is 0 Å². The molecule has 0 fully saturated rings. The number of unbranched alkanes of at least 4 members (excludes halogenated alkanes) is 1. The molecular weight excluding hydrogens is 264 g/mol. The summed E-state index contributed by atoms with van der Waals surface area (Å²) < 4.78 is 0. The first kappa shape index (κ1) is 16.0. The van der Waals surface area contributed by atoms with Gasteiger partial charge in [0.25, 0.3) is 5.91 Å². The van der Waals surface area contributed by atoms with Crippen LogP contribution in [0.25, 0.3) is 0 Å². The summed E-state index contributed by atoms with van der Waals surface area (Å²) in [6, 6.07) is 0. The molecule has 1 aliphatic heterocycles. The van der Waals surface area contributed by atoms with E-state index in [1.54, 1.807) is 0 Å². The van der Waals surface area contributed by atoms with Crippen LogP contribution in [0.4, 0.5) is 0 Å². The monoisotopic (exact) mass is 292 g/mol. The second kappa shape index (κ2) is 8.17. The van der Waals surface area contributed by atoms with Crippen LogP contribution in [-0.2, 0) is 13.0 Å². The first-order valence-corrected chi connectivity index (χ1v) is 8.31. The van der Waals surface area contributed by atoms with Gasteiger partial charge in [0.2, 0.25) is 0 Å². The quantitative estimate of drug-likeness (QED) is 0.689. The third kappa shape index (κ3) is 4.30. The van der Waals surface area contributed by atoms with Crippen molar-refractivity contribution < 1.29 is 4.79 Å². The fraction of sp³-hybridized carbons (Fsp3) is 0.750. The Morgan fingerprint density at radius 2 is 2.19 bits per heavy atom. The molecule has 0 aliphatic carbocycles. The Morgan fingerprint density at radius 1 is 1.33 bits per heavy atom. The van der Waals surface area contributed by atoms with Crippen molar-refractivity contribution in [1.82, 2.24) is 20.8 Å². The van der Waals surface area contributed by atoms with E-state index in [4.69, 9.17) is 0 Å². The third-order valence-electron chi connectivity index (χ3n) is 4.24. The summed E-state index contributed by atoms with van der Waals surface area (Å²) >= 11 is 0. The second-order valence-corrected chi connectivity index (χ2v) is 5.96. The number of carbonyl (C=O) groups excluding carboxylic acids is 1. The molecule has 0 spiro atoms. The molecule has 0 radical (unpaired) electrons.